The lowest BCUT2D eigenvalue weighted by atomic mass is 10.2. The van der Waals surface area contributed by atoms with Gasteiger partial charge in [-0.3, -0.25) is 0 Å². The molecule has 0 fully saturated rings. The Bertz CT molecular complexity index is 1030. The lowest BCUT2D eigenvalue weighted by Crippen LogP contribution is -2.11. The van der Waals surface area contributed by atoms with E-state index in [1.165, 1.54) is 12.1 Å². The summed E-state index contributed by atoms with van der Waals surface area (Å²) in [7, 11) is 0. The van der Waals surface area contributed by atoms with Crippen LogP contribution in [0.5, 0.6) is 23.0 Å². The molecule has 150 valence electrons. The van der Waals surface area contributed by atoms with Crippen LogP contribution >= 0.6 is 11.6 Å². The third kappa shape index (κ3) is 4.43. The van der Waals surface area contributed by atoms with Gasteiger partial charge in [0.1, 0.15) is 11.5 Å². The lowest BCUT2D eigenvalue weighted by Gasteiger charge is -2.14. The zero-order valence-electron chi connectivity index (χ0n) is 14.7. The van der Waals surface area contributed by atoms with E-state index in [0.29, 0.717) is 28.7 Å². The highest BCUT2D eigenvalue weighted by molar-refractivity contribution is 6.31. The van der Waals surface area contributed by atoms with Gasteiger partial charge in [-0.15, -0.1) is 0 Å². The van der Waals surface area contributed by atoms with E-state index >= 15 is 0 Å². The molecule has 0 radical (unpaired) electrons. The van der Waals surface area contributed by atoms with Crippen LogP contribution in [-0.4, -0.2) is 6.79 Å². The molecule has 2 N–H and O–H groups in total. The summed E-state index contributed by atoms with van der Waals surface area (Å²) in [6.07, 6.45) is -4.53. The number of nitrogens with one attached hydrogen (secondary N) is 2. The van der Waals surface area contributed by atoms with E-state index in [4.69, 9.17) is 25.8 Å². The minimum atomic E-state index is -4.53. The van der Waals surface area contributed by atoms with Crippen LogP contribution < -0.4 is 25.1 Å². The molecule has 0 aliphatic carbocycles. The van der Waals surface area contributed by atoms with Gasteiger partial charge in [0, 0.05) is 6.07 Å². The third-order valence-corrected chi connectivity index (χ3v) is 4.39. The molecule has 1 aliphatic rings. The summed E-state index contributed by atoms with van der Waals surface area (Å²) in [6, 6.07) is 15.7. The number of benzene rings is 3. The first-order valence-electron chi connectivity index (χ1n) is 8.45. The van der Waals surface area contributed by atoms with Crippen molar-refractivity contribution in [3.05, 3.63) is 71.2 Å². The Morgan fingerprint density at radius 2 is 1.45 bits per heavy atom. The molecule has 0 atom stereocenters. The maximum absolute atomic E-state index is 12.9. The molecule has 5 nitrogen and oxygen atoms in total. The second-order valence-electron chi connectivity index (χ2n) is 6.08. The van der Waals surface area contributed by atoms with E-state index in [9.17, 15) is 13.2 Å². The van der Waals surface area contributed by atoms with E-state index in [0.717, 1.165) is 6.07 Å². The first-order chi connectivity index (χ1) is 13.9. The van der Waals surface area contributed by atoms with Crippen LogP contribution in [0.1, 0.15) is 5.56 Å². The second-order valence-corrected chi connectivity index (χ2v) is 6.49. The average Bonchev–Trinajstić information content (AvgIpc) is 3.15. The fraction of sp³-hybridized carbons (Fsp3) is 0.100. The number of hydrogen-bond donors (Lipinski definition) is 2. The van der Waals surface area contributed by atoms with Crippen molar-refractivity contribution in [3.8, 4) is 23.0 Å². The number of fused-ring (bicyclic) bond motifs is 1. The number of rotatable bonds is 5. The van der Waals surface area contributed by atoms with Crippen molar-refractivity contribution in [2.45, 2.75) is 6.18 Å². The van der Waals surface area contributed by atoms with Gasteiger partial charge >= 0.3 is 6.18 Å². The molecule has 0 saturated carbocycles. The summed E-state index contributed by atoms with van der Waals surface area (Å²) < 4.78 is 55.1. The molecule has 3 aromatic rings. The van der Waals surface area contributed by atoms with Crippen LogP contribution in [0.25, 0.3) is 0 Å². The normalized spacial score (nSPS) is 12.6. The van der Waals surface area contributed by atoms with Gasteiger partial charge < -0.3 is 25.1 Å². The predicted octanol–water partition coefficient (Wildman–Crippen LogP) is 6.32. The van der Waals surface area contributed by atoms with Gasteiger partial charge in [0.05, 0.1) is 22.0 Å². The van der Waals surface area contributed by atoms with Crippen LogP contribution in [0, 0.1) is 0 Å². The first-order valence-corrected chi connectivity index (χ1v) is 8.83. The van der Waals surface area contributed by atoms with Crippen molar-refractivity contribution in [3.63, 3.8) is 0 Å². The summed E-state index contributed by atoms with van der Waals surface area (Å²) in [5.41, 5.74) is 5.50. The number of hydrogen-bond acceptors (Lipinski definition) is 5. The summed E-state index contributed by atoms with van der Waals surface area (Å²) in [5.74, 6) is 2.46. The van der Waals surface area contributed by atoms with E-state index < -0.39 is 11.7 Å². The maximum atomic E-state index is 12.9. The van der Waals surface area contributed by atoms with Gasteiger partial charge in [-0.05, 0) is 54.6 Å². The highest BCUT2D eigenvalue weighted by Gasteiger charge is 2.33. The first kappa shape index (κ1) is 19.1. The monoisotopic (exact) mass is 422 g/mol. The summed E-state index contributed by atoms with van der Waals surface area (Å²) in [4.78, 5) is 0. The van der Waals surface area contributed by atoms with Crippen LogP contribution in [0.15, 0.2) is 60.7 Å². The quantitative estimate of drug-likeness (QED) is 0.471. The predicted molar refractivity (Wildman–Crippen MR) is 103 cm³/mol. The minimum Gasteiger partial charge on any atom is -0.457 e. The van der Waals surface area contributed by atoms with Crippen molar-refractivity contribution < 1.29 is 27.4 Å². The Hall–Kier alpha value is -3.26. The zero-order chi connectivity index (χ0) is 20.4. The van der Waals surface area contributed by atoms with Gasteiger partial charge in [-0.1, -0.05) is 11.6 Å². The van der Waals surface area contributed by atoms with Gasteiger partial charge in [-0.25, -0.2) is 0 Å². The lowest BCUT2D eigenvalue weighted by molar-refractivity contribution is -0.137. The number of ether oxygens (including phenoxy) is 3. The van der Waals surface area contributed by atoms with Crippen LogP contribution in [0.4, 0.5) is 24.5 Å². The molecule has 1 heterocycles. The Morgan fingerprint density at radius 3 is 2.21 bits per heavy atom. The molecule has 0 unspecified atom stereocenters. The third-order valence-electron chi connectivity index (χ3n) is 4.06. The highest BCUT2D eigenvalue weighted by Crippen LogP contribution is 2.37. The number of hydrazine groups is 1. The largest absolute Gasteiger partial charge is 0.457 e. The topological polar surface area (TPSA) is 51.8 Å². The molecule has 3 aromatic carbocycles. The maximum Gasteiger partial charge on any atom is 0.417 e. The molecule has 29 heavy (non-hydrogen) atoms. The Balaban J connectivity index is 1.39. The van der Waals surface area contributed by atoms with Gasteiger partial charge in [0.2, 0.25) is 6.79 Å². The van der Waals surface area contributed by atoms with E-state index in [-0.39, 0.29) is 17.5 Å². The van der Waals surface area contributed by atoms with Crippen LogP contribution in [-0.2, 0) is 6.18 Å². The average molecular weight is 423 g/mol. The number of anilines is 2. The van der Waals surface area contributed by atoms with Crippen molar-refractivity contribution in [1.29, 1.82) is 0 Å². The standard InChI is InChI=1S/C20H14ClF3N2O3/c21-17-7-3-13(9-16(17)20(22,23)24)26-25-12-1-4-14(5-2-12)29-15-6-8-18-19(10-15)28-11-27-18/h1-10,25-26H,11H2. The van der Waals surface area contributed by atoms with Crippen LogP contribution in [0.3, 0.4) is 0 Å². The molecule has 1 aliphatic heterocycles. The van der Waals surface area contributed by atoms with Crippen molar-refractivity contribution in [2.75, 3.05) is 17.6 Å². The Morgan fingerprint density at radius 1 is 0.793 bits per heavy atom. The van der Waals surface area contributed by atoms with E-state index in [1.54, 1.807) is 42.5 Å². The molecule has 0 spiro atoms. The van der Waals surface area contributed by atoms with Crippen molar-refractivity contribution in [1.82, 2.24) is 0 Å². The summed E-state index contributed by atoms with van der Waals surface area (Å²) in [5, 5.41) is -0.354. The number of halogens is 4. The molecule has 0 bridgehead atoms. The SMILES string of the molecule is FC(F)(F)c1cc(NNc2ccc(Oc3ccc4c(c3)OCO4)cc2)ccc1Cl. The summed E-state index contributed by atoms with van der Waals surface area (Å²) >= 11 is 5.62. The smallest absolute Gasteiger partial charge is 0.417 e. The zero-order valence-corrected chi connectivity index (χ0v) is 15.5. The van der Waals surface area contributed by atoms with Crippen molar-refractivity contribution >= 4 is 23.0 Å². The molecule has 4 rings (SSSR count). The second kappa shape index (κ2) is 7.63. The minimum absolute atomic E-state index is 0.185. The molecular formula is C20H14ClF3N2O3. The molecular weight excluding hydrogens is 409 g/mol. The molecule has 9 heteroatoms. The fourth-order valence-electron chi connectivity index (χ4n) is 2.65. The number of alkyl halides is 3. The van der Waals surface area contributed by atoms with Gasteiger partial charge in [0.25, 0.3) is 0 Å². The Labute approximate surface area is 168 Å². The highest BCUT2D eigenvalue weighted by atomic mass is 35.5. The van der Waals surface area contributed by atoms with Crippen LogP contribution in [0.2, 0.25) is 5.02 Å². The van der Waals surface area contributed by atoms with E-state index in [1.807, 2.05) is 0 Å². The van der Waals surface area contributed by atoms with Crippen molar-refractivity contribution in [2.24, 2.45) is 0 Å². The molecule has 0 amide bonds. The summed E-state index contributed by atoms with van der Waals surface area (Å²) in [6.45, 7) is 0.185. The molecule has 0 aromatic heterocycles. The molecule has 0 saturated heterocycles. The van der Waals surface area contributed by atoms with Gasteiger partial charge in [-0.2, -0.15) is 13.2 Å². The Kier molecular flexibility index (Phi) is 5.02. The van der Waals surface area contributed by atoms with E-state index in [2.05, 4.69) is 10.9 Å². The fourth-order valence-corrected chi connectivity index (χ4v) is 2.87. The van der Waals surface area contributed by atoms with Gasteiger partial charge in [0.15, 0.2) is 11.5 Å².